The normalized spacial score (nSPS) is 11.5. The molecule has 0 aromatic rings. The molecular formula is C15H33NO7Si. The summed E-state index contributed by atoms with van der Waals surface area (Å²) >= 11 is 0. The van der Waals surface area contributed by atoms with E-state index in [0.717, 1.165) is 0 Å². The van der Waals surface area contributed by atoms with Gasteiger partial charge >= 0.3 is 14.9 Å². The second-order valence-electron chi connectivity index (χ2n) is 4.71. The SMILES string of the molecule is CCOC(=O)N(CCC[Si](OCC)(OCC)OCC)OCCOC. The Bertz CT molecular complexity index is 303. The topological polar surface area (TPSA) is 75.7 Å². The minimum atomic E-state index is -2.71. The van der Waals surface area contributed by atoms with Crippen molar-refractivity contribution in [3.63, 3.8) is 0 Å². The average molecular weight is 368 g/mol. The number of rotatable bonds is 15. The third kappa shape index (κ3) is 9.55. The van der Waals surface area contributed by atoms with Gasteiger partial charge in [0.15, 0.2) is 0 Å². The number of hydrogen-bond acceptors (Lipinski definition) is 7. The molecule has 0 atom stereocenters. The lowest BCUT2D eigenvalue weighted by molar-refractivity contribution is -0.145. The Morgan fingerprint density at radius 2 is 1.50 bits per heavy atom. The van der Waals surface area contributed by atoms with Crippen molar-refractivity contribution < 1.29 is 32.4 Å². The Labute approximate surface area is 146 Å². The molecule has 0 spiro atoms. The third-order valence-corrected chi connectivity index (χ3v) is 6.09. The van der Waals surface area contributed by atoms with Gasteiger partial charge in [-0.3, -0.25) is 4.84 Å². The van der Waals surface area contributed by atoms with E-state index in [1.807, 2.05) is 20.8 Å². The molecule has 0 unspecified atom stereocenters. The number of carbonyl (C=O) groups is 1. The fraction of sp³-hybridized carbons (Fsp3) is 0.933. The van der Waals surface area contributed by atoms with Crippen LogP contribution in [0, 0.1) is 0 Å². The van der Waals surface area contributed by atoms with E-state index in [-0.39, 0.29) is 6.61 Å². The summed E-state index contributed by atoms with van der Waals surface area (Å²) in [7, 11) is -1.14. The molecular weight excluding hydrogens is 334 g/mol. The molecule has 0 saturated heterocycles. The van der Waals surface area contributed by atoms with Crippen molar-refractivity contribution >= 4 is 14.9 Å². The summed E-state index contributed by atoms with van der Waals surface area (Å²) in [5.41, 5.74) is 0. The van der Waals surface area contributed by atoms with Crippen molar-refractivity contribution in [2.45, 2.75) is 40.2 Å². The quantitative estimate of drug-likeness (QED) is 0.250. The molecule has 0 aliphatic carbocycles. The highest BCUT2D eigenvalue weighted by atomic mass is 28.4. The summed E-state index contributed by atoms with van der Waals surface area (Å²) in [4.78, 5) is 17.3. The van der Waals surface area contributed by atoms with Crippen LogP contribution in [0.2, 0.25) is 6.04 Å². The Hall–Kier alpha value is -0.713. The maximum atomic E-state index is 11.9. The van der Waals surface area contributed by atoms with Crippen LogP contribution in [0.25, 0.3) is 0 Å². The van der Waals surface area contributed by atoms with Gasteiger partial charge in [0.2, 0.25) is 0 Å². The van der Waals surface area contributed by atoms with Gasteiger partial charge in [-0.2, -0.15) is 5.06 Å². The van der Waals surface area contributed by atoms with Gasteiger partial charge in [-0.25, -0.2) is 4.79 Å². The minimum Gasteiger partial charge on any atom is -0.448 e. The van der Waals surface area contributed by atoms with Crippen LogP contribution in [-0.2, 0) is 27.6 Å². The Balaban J connectivity index is 4.62. The van der Waals surface area contributed by atoms with Gasteiger partial charge in [0.05, 0.1) is 26.4 Å². The van der Waals surface area contributed by atoms with Gasteiger partial charge in [0.25, 0.3) is 0 Å². The first-order chi connectivity index (χ1) is 11.6. The van der Waals surface area contributed by atoms with E-state index in [0.29, 0.717) is 52.0 Å². The molecule has 0 bridgehead atoms. The van der Waals surface area contributed by atoms with Crippen molar-refractivity contribution in [3.8, 4) is 0 Å². The lowest BCUT2D eigenvalue weighted by atomic mass is 10.5. The lowest BCUT2D eigenvalue weighted by Gasteiger charge is -2.29. The summed E-state index contributed by atoms with van der Waals surface area (Å²) in [6.07, 6.45) is 0.114. The third-order valence-electron chi connectivity index (χ3n) is 2.94. The van der Waals surface area contributed by atoms with E-state index in [9.17, 15) is 4.79 Å². The maximum absolute atomic E-state index is 11.9. The van der Waals surface area contributed by atoms with E-state index in [1.165, 1.54) is 5.06 Å². The first kappa shape index (κ1) is 23.3. The zero-order valence-electron chi connectivity index (χ0n) is 15.7. The van der Waals surface area contributed by atoms with E-state index >= 15 is 0 Å². The van der Waals surface area contributed by atoms with Gasteiger partial charge < -0.3 is 22.8 Å². The standard InChI is InChI=1S/C15H33NO7Si/c1-6-19-15(17)16(20-13-12-18-5)11-10-14-24(21-7-2,22-8-3)23-9-4/h6-14H2,1-5H3. The molecule has 0 saturated carbocycles. The number of amides is 1. The molecule has 0 fully saturated rings. The summed E-state index contributed by atoms with van der Waals surface area (Å²) in [5.74, 6) is 0. The van der Waals surface area contributed by atoms with Crippen molar-refractivity contribution in [1.29, 1.82) is 0 Å². The van der Waals surface area contributed by atoms with Crippen LogP contribution in [0.5, 0.6) is 0 Å². The van der Waals surface area contributed by atoms with Crippen LogP contribution < -0.4 is 0 Å². The zero-order chi connectivity index (χ0) is 18.3. The predicted molar refractivity (Wildman–Crippen MR) is 91.6 cm³/mol. The molecule has 24 heavy (non-hydrogen) atoms. The van der Waals surface area contributed by atoms with Gasteiger partial charge in [0.1, 0.15) is 0 Å². The van der Waals surface area contributed by atoms with Crippen LogP contribution in [0.15, 0.2) is 0 Å². The van der Waals surface area contributed by atoms with Crippen molar-refractivity contribution in [3.05, 3.63) is 0 Å². The van der Waals surface area contributed by atoms with Gasteiger partial charge in [-0.15, -0.1) is 0 Å². The van der Waals surface area contributed by atoms with Gasteiger partial charge in [-0.1, -0.05) is 0 Å². The van der Waals surface area contributed by atoms with Crippen LogP contribution in [0.1, 0.15) is 34.1 Å². The smallest absolute Gasteiger partial charge is 0.448 e. The number of ether oxygens (including phenoxy) is 2. The number of methoxy groups -OCH3 is 1. The summed E-state index contributed by atoms with van der Waals surface area (Å²) in [6.45, 7) is 10.4. The average Bonchev–Trinajstić information content (AvgIpc) is 2.54. The lowest BCUT2D eigenvalue weighted by Crippen LogP contribution is -2.46. The monoisotopic (exact) mass is 367 g/mol. The van der Waals surface area contributed by atoms with Crippen molar-refractivity contribution in [2.75, 3.05) is 53.3 Å². The molecule has 0 aromatic carbocycles. The summed E-state index contributed by atoms with van der Waals surface area (Å²) in [6, 6.07) is 0.603. The van der Waals surface area contributed by atoms with Crippen LogP contribution in [-0.4, -0.2) is 73.3 Å². The number of hydroxylamine groups is 2. The highest BCUT2D eigenvalue weighted by molar-refractivity contribution is 6.60. The molecule has 0 aromatic heterocycles. The largest absolute Gasteiger partial charge is 0.500 e. The molecule has 0 aliphatic heterocycles. The molecule has 0 aliphatic rings. The molecule has 0 radical (unpaired) electrons. The second-order valence-corrected chi connectivity index (χ2v) is 7.44. The van der Waals surface area contributed by atoms with Crippen LogP contribution >= 0.6 is 0 Å². The van der Waals surface area contributed by atoms with Crippen LogP contribution in [0.3, 0.4) is 0 Å². The van der Waals surface area contributed by atoms with E-state index in [4.69, 9.17) is 27.6 Å². The van der Waals surface area contributed by atoms with E-state index < -0.39 is 14.9 Å². The highest BCUT2D eigenvalue weighted by Crippen LogP contribution is 2.18. The van der Waals surface area contributed by atoms with Crippen LogP contribution in [0.4, 0.5) is 4.79 Å². The highest BCUT2D eigenvalue weighted by Gasteiger charge is 2.40. The summed E-state index contributed by atoms with van der Waals surface area (Å²) in [5, 5.41) is 1.21. The number of carbonyl (C=O) groups excluding carboxylic acids is 1. The fourth-order valence-corrected chi connectivity index (χ4v) is 4.67. The zero-order valence-corrected chi connectivity index (χ0v) is 16.7. The van der Waals surface area contributed by atoms with Crippen molar-refractivity contribution in [2.24, 2.45) is 0 Å². The Morgan fingerprint density at radius 3 is 1.96 bits per heavy atom. The number of hydrogen-bond donors (Lipinski definition) is 0. The molecule has 8 nitrogen and oxygen atoms in total. The summed E-state index contributed by atoms with van der Waals surface area (Å²) < 4.78 is 27.3. The Morgan fingerprint density at radius 1 is 0.917 bits per heavy atom. The fourth-order valence-electron chi connectivity index (χ4n) is 2.08. The molecule has 9 heteroatoms. The first-order valence-electron chi connectivity index (χ1n) is 8.57. The molecule has 0 heterocycles. The first-order valence-corrected chi connectivity index (χ1v) is 10.5. The molecule has 0 N–H and O–H groups in total. The Kier molecular flexibility index (Phi) is 14.2. The van der Waals surface area contributed by atoms with Gasteiger partial charge in [0, 0.05) is 33.0 Å². The molecule has 0 rings (SSSR count). The van der Waals surface area contributed by atoms with Crippen molar-refractivity contribution in [1.82, 2.24) is 5.06 Å². The minimum absolute atomic E-state index is 0.278. The van der Waals surface area contributed by atoms with E-state index in [1.54, 1.807) is 14.0 Å². The molecule has 1 amide bonds. The van der Waals surface area contributed by atoms with E-state index in [2.05, 4.69) is 0 Å². The molecule has 144 valence electrons. The predicted octanol–water partition coefficient (Wildman–Crippen LogP) is 2.46. The maximum Gasteiger partial charge on any atom is 0.500 e. The number of nitrogens with zero attached hydrogens (tertiary/aromatic N) is 1. The van der Waals surface area contributed by atoms with Gasteiger partial charge in [-0.05, 0) is 34.1 Å². The second kappa shape index (κ2) is 14.6.